The lowest BCUT2D eigenvalue weighted by Gasteiger charge is -2.32. The van der Waals surface area contributed by atoms with Crippen LogP contribution >= 0.6 is 0 Å². The van der Waals surface area contributed by atoms with Crippen LogP contribution in [0.4, 0.5) is 13.2 Å². The average molecular weight is 300 g/mol. The van der Waals surface area contributed by atoms with Crippen molar-refractivity contribution in [2.24, 2.45) is 5.92 Å². The van der Waals surface area contributed by atoms with Gasteiger partial charge in [0.05, 0.1) is 11.5 Å². The summed E-state index contributed by atoms with van der Waals surface area (Å²) in [7, 11) is -3.03. The van der Waals surface area contributed by atoms with Crippen molar-refractivity contribution in [1.82, 2.24) is 10.2 Å². The van der Waals surface area contributed by atoms with Crippen LogP contribution in [0.2, 0.25) is 0 Å². The van der Waals surface area contributed by atoms with E-state index in [0.717, 1.165) is 0 Å². The van der Waals surface area contributed by atoms with Crippen molar-refractivity contribution in [2.45, 2.75) is 25.1 Å². The maximum Gasteiger partial charge on any atom is 0.405 e. The van der Waals surface area contributed by atoms with Crippen LogP contribution in [0.15, 0.2) is 0 Å². The second kappa shape index (κ2) is 5.57. The zero-order valence-corrected chi connectivity index (χ0v) is 11.4. The topological polar surface area (TPSA) is 49.4 Å². The number of hydrogen-bond acceptors (Lipinski definition) is 4. The van der Waals surface area contributed by atoms with E-state index < -0.39 is 22.1 Å². The van der Waals surface area contributed by atoms with E-state index in [0.29, 0.717) is 25.9 Å². The van der Waals surface area contributed by atoms with Crippen molar-refractivity contribution in [1.29, 1.82) is 0 Å². The van der Waals surface area contributed by atoms with Gasteiger partial charge < -0.3 is 5.32 Å². The molecule has 2 fully saturated rings. The van der Waals surface area contributed by atoms with E-state index in [1.54, 1.807) is 0 Å². The van der Waals surface area contributed by atoms with Crippen molar-refractivity contribution < 1.29 is 21.6 Å². The van der Waals surface area contributed by atoms with E-state index >= 15 is 0 Å². The lowest BCUT2D eigenvalue weighted by atomic mass is 10.1. The van der Waals surface area contributed by atoms with Crippen molar-refractivity contribution in [3.63, 3.8) is 0 Å². The number of hydrogen-bond donors (Lipinski definition) is 1. The Morgan fingerprint density at radius 1 is 1.32 bits per heavy atom. The fourth-order valence-corrected chi connectivity index (χ4v) is 4.67. The van der Waals surface area contributed by atoms with Gasteiger partial charge in [0.15, 0.2) is 9.84 Å². The number of nitrogens with one attached hydrogen (secondary N) is 1. The molecule has 8 heteroatoms. The Kier molecular flexibility index (Phi) is 4.42. The molecule has 0 saturated carbocycles. The van der Waals surface area contributed by atoms with Gasteiger partial charge in [-0.15, -0.1) is 0 Å². The molecule has 0 aliphatic carbocycles. The van der Waals surface area contributed by atoms with Gasteiger partial charge in [0.2, 0.25) is 0 Å². The van der Waals surface area contributed by atoms with Crippen LogP contribution in [0.1, 0.15) is 12.8 Å². The molecule has 2 aliphatic heterocycles. The van der Waals surface area contributed by atoms with Gasteiger partial charge in [0.25, 0.3) is 0 Å². The minimum absolute atomic E-state index is 0.0293. The summed E-state index contributed by atoms with van der Waals surface area (Å²) >= 11 is 0. The van der Waals surface area contributed by atoms with Crippen LogP contribution in [0, 0.1) is 5.92 Å². The molecule has 112 valence electrons. The third kappa shape index (κ3) is 4.06. The predicted molar refractivity (Wildman–Crippen MR) is 65.7 cm³/mol. The number of rotatable bonds is 2. The molecule has 0 aromatic carbocycles. The lowest BCUT2D eigenvalue weighted by Crippen LogP contribution is -2.51. The van der Waals surface area contributed by atoms with Crippen molar-refractivity contribution in [3.8, 4) is 0 Å². The molecule has 2 aliphatic rings. The van der Waals surface area contributed by atoms with Crippen molar-refractivity contribution in [2.75, 3.05) is 37.7 Å². The van der Waals surface area contributed by atoms with Gasteiger partial charge in [-0.3, -0.25) is 4.90 Å². The molecule has 2 saturated heterocycles. The quantitative estimate of drug-likeness (QED) is 0.813. The molecule has 2 heterocycles. The highest BCUT2D eigenvalue weighted by Crippen LogP contribution is 2.28. The van der Waals surface area contributed by atoms with E-state index in [1.165, 1.54) is 4.90 Å². The highest BCUT2D eigenvalue weighted by atomic mass is 32.2. The maximum absolute atomic E-state index is 13.0. The van der Waals surface area contributed by atoms with E-state index in [4.69, 9.17) is 0 Å². The third-order valence-electron chi connectivity index (χ3n) is 3.77. The molecule has 2 atom stereocenters. The highest BCUT2D eigenvalue weighted by Gasteiger charge is 2.44. The van der Waals surface area contributed by atoms with Crippen LogP contribution in [0.25, 0.3) is 0 Å². The fourth-order valence-electron chi connectivity index (χ4n) is 2.82. The molecule has 0 bridgehead atoms. The van der Waals surface area contributed by atoms with Gasteiger partial charge in [-0.25, -0.2) is 8.42 Å². The SMILES string of the molecule is O=S1(=O)CCC(CN2CCCNCC2C(F)(F)F)C1. The number of halogens is 3. The Labute approximate surface area is 111 Å². The molecule has 2 rings (SSSR count). The molecular weight excluding hydrogens is 281 g/mol. The number of nitrogens with zero attached hydrogens (tertiary/aromatic N) is 1. The molecule has 0 aromatic heterocycles. The smallest absolute Gasteiger partial charge is 0.315 e. The van der Waals surface area contributed by atoms with Gasteiger partial charge in [0.1, 0.15) is 6.04 Å². The molecule has 4 nitrogen and oxygen atoms in total. The largest absolute Gasteiger partial charge is 0.405 e. The summed E-state index contributed by atoms with van der Waals surface area (Å²) in [6.45, 7) is 1.06. The lowest BCUT2D eigenvalue weighted by molar-refractivity contribution is -0.182. The first-order valence-electron chi connectivity index (χ1n) is 6.50. The molecular formula is C11H19F3N2O2S. The first-order chi connectivity index (χ1) is 8.78. The number of sulfone groups is 1. The third-order valence-corrected chi connectivity index (χ3v) is 5.61. The summed E-state index contributed by atoms with van der Waals surface area (Å²) in [6.07, 6.45) is -3.13. The highest BCUT2D eigenvalue weighted by molar-refractivity contribution is 7.91. The Morgan fingerprint density at radius 2 is 2.05 bits per heavy atom. The monoisotopic (exact) mass is 300 g/mol. The first kappa shape index (κ1) is 15.1. The normalized spacial score (nSPS) is 33.2. The van der Waals surface area contributed by atoms with E-state index in [-0.39, 0.29) is 30.5 Å². The summed E-state index contributed by atoms with van der Waals surface area (Å²) in [5.41, 5.74) is 0. The summed E-state index contributed by atoms with van der Waals surface area (Å²) in [5.74, 6) is -0.0185. The predicted octanol–water partition coefficient (Wildman–Crippen LogP) is 0.647. The molecule has 0 radical (unpaired) electrons. The van der Waals surface area contributed by atoms with Crippen LogP contribution in [0.3, 0.4) is 0 Å². The molecule has 1 N–H and O–H groups in total. The summed E-state index contributed by atoms with van der Waals surface area (Å²) in [6, 6.07) is -1.50. The Balaban J connectivity index is 2.03. The van der Waals surface area contributed by atoms with Crippen molar-refractivity contribution >= 4 is 9.84 Å². The second-order valence-electron chi connectivity index (χ2n) is 5.38. The van der Waals surface area contributed by atoms with Crippen LogP contribution in [-0.4, -0.2) is 63.2 Å². The zero-order valence-electron chi connectivity index (χ0n) is 10.6. The Bertz CT molecular complexity index is 411. The van der Waals surface area contributed by atoms with E-state index in [1.807, 2.05) is 0 Å². The van der Waals surface area contributed by atoms with E-state index in [2.05, 4.69) is 5.32 Å². The van der Waals surface area contributed by atoms with Crippen molar-refractivity contribution in [3.05, 3.63) is 0 Å². The molecule has 0 aromatic rings. The number of alkyl halides is 3. The minimum atomic E-state index is -4.27. The summed E-state index contributed by atoms with van der Waals surface area (Å²) in [4.78, 5) is 1.41. The Hall–Kier alpha value is -0.340. The van der Waals surface area contributed by atoms with Crippen LogP contribution < -0.4 is 5.32 Å². The standard InChI is InChI=1S/C11H19F3N2O2S/c12-11(13,14)10-6-15-3-1-4-16(10)7-9-2-5-19(17,18)8-9/h9-10,15H,1-8H2. The minimum Gasteiger partial charge on any atom is -0.315 e. The molecule has 19 heavy (non-hydrogen) atoms. The van der Waals surface area contributed by atoms with Gasteiger partial charge in [-0.05, 0) is 25.3 Å². The second-order valence-corrected chi connectivity index (χ2v) is 7.61. The maximum atomic E-state index is 13.0. The van der Waals surface area contributed by atoms with Gasteiger partial charge in [0, 0.05) is 19.6 Å². The van der Waals surface area contributed by atoms with Gasteiger partial charge in [-0.2, -0.15) is 13.2 Å². The summed E-state index contributed by atoms with van der Waals surface area (Å²) < 4.78 is 61.7. The molecule has 0 amide bonds. The Morgan fingerprint density at radius 3 is 2.63 bits per heavy atom. The van der Waals surface area contributed by atoms with E-state index in [9.17, 15) is 21.6 Å². The average Bonchev–Trinajstić information content (AvgIpc) is 2.49. The summed E-state index contributed by atoms with van der Waals surface area (Å²) in [5, 5.41) is 2.80. The zero-order chi connectivity index (χ0) is 14.1. The van der Waals surface area contributed by atoms with Crippen LogP contribution in [-0.2, 0) is 9.84 Å². The van der Waals surface area contributed by atoms with Gasteiger partial charge in [-0.1, -0.05) is 0 Å². The van der Waals surface area contributed by atoms with Crippen LogP contribution in [0.5, 0.6) is 0 Å². The molecule has 0 spiro atoms. The molecule has 2 unspecified atom stereocenters. The fraction of sp³-hybridized carbons (Fsp3) is 1.00. The van der Waals surface area contributed by atoms with Gasteiger partial charge >= 0.3 is 6.18 Å². The first-order valence-corrected chi connectivity index (χ1v) is 8.32.